The third kappa shape index (κ3) is 3.79. The van der Waals surface area contributed by atoms with Crippen molar-refractivity contribution >= 4 is 23.5 Å². The molecular formula is C22H26F2N2O4. The zero-order chi connectivity index (χ0) is 21.7. The van der Waals surface area contributed by atoms with E-state index in [2.05, 4.69) is 10.6 Å². The zero-order valence-corrected chi connectivity index (χ0v) is 17.1. The van der Waals surface area contributed by atoms with Crippen molar-refractivity contribution in [2.75, 3.05) is 5.32 Å². The van der Waals surface area contributed by atoms with Gasteiger partial charge in [-0.05, 0) is 69.4 Å². The highest BCUT2D eigenvalue weighted by Gasteiger charge is 2.61. The molecule has 1 aromatic carbocycles. The van der Waals surface area contributed by atoms with Gasteiger partial charge in [-0.1, -0.05) is 0 Å². The molecule has 1 aromatic rings. The van der Waals surface area contributed by atoms with Gasteiger partial charge in [0, 0.05) is 18.5 Å². The van der Waals surface area contributed by atoms with E-state index < -0.39 is 35.0 Å². The van der Waals surface area contributed by atoms with Crippen molar-refractivity contribution in [3.8, 4) is 0 Å². The Morgan fingerprint density at radius 3 is 2.43 bits per heavy atom. The molecule has 4 aliphatic rings. The first kappa shape index (κ1) is 20.8. The smallest absolute Gasteiger partial charge is 0.312 e. The van der Waals surface area contributed by atoms with Gasteiger partial charge in [0.1, 0.15) is 11.6 Å². The zero-order valence-electron chi connectivity index (χ0n) is 17.1. The fraction of sp³-hybridized carbons (Fsp3) is 0.591. The van der Waals surface area contributed by atoms with Gasteiger partial charge >= 0.3 is 5.97 Å². The molecule has 2 amide bonds. The molecule has 30 heavy (non-hydrogen) atoms. The monoisotopic (exact) mass is 420 g/mol. The third-order valence-electron chi connectivity index (χ3n) is 6.77. The quantitative estimate of drug-likeness (QED) is 0.716. The van der Waals surface area contributed by atoms with E-state index in [0.717, 1.165) is 37.5 Å². The summed E-state index contributed by atoms with van der Waals surface area (Å²) in [6.07, 6.45) is 3.52. The summed E-state index contributed by atoms with van der Waals surface area (Å²) in [4.78, 5) is 37.3. The van der Waals surface area contributed by atoms with Gasteiger partial charge in [-0.3, -0.25) is 14.4 Å². The Hall–Kier alpha value is -2.51. The Kier molecular flexibility index (Phi) is 5.06. The standard InChI is InChI=1S/C22H26F2N2O4/c1-12(19(28)25-18-6-16(23)3-4-17(18)24)30-20(29)21-7-14-5-15(8-21)10-22(9-14,11-21)26-13(2)27/h3-4,6,12,14-15H,5,7-11H2,1-2H3,(H,25,28)(H,26,27). The van der Waals surface area contributed by atoms with Crippen molar-refractivity contribution in [1.82, 2.24) is 5.32 Å². The highest BCUT2D eigenvalue weighted by atomic mass is 19.1. The molecule has 4 fully saturated rings. The molecule has 0 aliphatic heterocycles. The first-order chi connectivity index (χ1) is 14.1. The lowest BCUT2D eigenvalue weighted by Crippen LogP contribution is -2.65. The van der Waals surface area contributed by atoms with Crippen LogP contribution >= 0.6 is 0 Å². The lowest BCUT2D eigenvalue weighted by Gasteiger charge is -2.60. The number of benzene rings is 1. The summed E-state index contributed by atoms with van der Waals surface area (Å²) in [5, 5.41) is 5.36. The maximum absolute atomic E-state index is 13.8. The molecule has 4 bridgehead atoms. The number of hydrogen-bond donors (Lipinski definition) is 2. The summed E-state index contributed by atoms with van der Waals surface area (Å²) in [7, 11) is 0. The number of carbonyl (C=O) groups excluding carboxylic acids is 3. The summed E-state index contributed by atoms with van der Waals surface area (Å²) < 4.78 is 32.6. The summed E-state index contributed by atoms with van der Waals surface area (Å²) >= 11 is 0. The van der Waals surface area contributed by atoms with Crippen molar-refractivity contribution < 1.29 is 27.9 Å². The minimum absolute atomic E-state index is 0.106. The molecule has 0 aromatic heterocycles. The largest absolute Gasteiger partial charge is 0.452 e. The fourth-order valence-corrected chi connectivity index (χ4v) is 6.19. The van der Waals surface area contributed by atoms with E-state index in [1.807, 2.05) is 0 Å². The molecule has 0 radical (unpaired) electrons. The Balaban J connectivity index is 1.46. The summed E-state index contributed by atoms with van der Waals surface area (Å²) in [6, 6.07) is 2.74. The lowest BCUT2D eigenvalue weighted by atomic mass is 9.47. The van der Waals surface area contributed by atoms with Crippen LogP contribution in [0.5, 0.6) is 0 Å². The molecule has 0 saturated heterocycles. The number of ether oxygens (including phenoxy) is 1. The van der Waals surface area contributed by atoms with Crippen LogP contribution < -0.4 is 10.6 Å². The number of nitrogens with one attached hydrogen (secondary N) is 2. The second-order valence-electron chi connectivity index (χ2n) is 9.36. The number of anilines is 1. The lowest BCUT2D eigenvalue weighted by molar-refractivity contribution is -0.181. The fourth-order valence-electron chi connectivity index (χ4n) is 6.19. The van der Waals surface area contributed by atoms with Crippen molar-refractivity contribution in [1.29, 1.82) is 0 Å². The predicted octanol–water partition coefficient (Wildman–Crippen LogP) is 3.31. The number of rotatable bonds is 5. The topological polar surface area (TPSA) is 84.5 Å². The van der Waals surface area contributed by atoms with Crippen LogP contribution in [0.3, 0.4) is 0 Å². The van der Waals surface area contributed by atoms with Crippen molar-refractivity contribution in [3.63, 3.8) is 0 Å². The first-order valence-electron chi connectivity index (χ1n) is 10.4. The molecule has 8 heteroatoms. The molecule has 0 spiro atoms. The van der Waals surface area contributed by atoms with E-state index in [1.54, 1.807) is 0 Å². The van der Waals surface area contributed by atoms with Crippen LogP contribution in [0.4, 0.5) is 14.5 Å². The normalized spacial score (nSPS) is 32.4. The maximum Gasteiger partial charge on any atom is 0.312 e. The highest BCUT2D eigenvalue weighted by Crippen LogP contribution is 2.62. The summed E-state index contributed by atoms with van der Waals surface area (Å²) in [6.45, 7) is 2.90. The molecule has 4 aliphatic carbocycles. The Labute approximate surface area is 173 Å². The van der Waals surface area contributed by atoms with E-state index in [4.69, 9.17) is 4.74 Å². The number of carbonyl (C=O) groups is 3. The van der Waals surface area contributed by atoms with Crippen LogP contribution in [0.1, 0.15) is 52.4 Å². The summed E-state index contributed by atoms with van der Waals surface area (Å²) in [5.74, 6) is -2.06. The molecule has 162 valence electrons. The molecule has 3 unspecified atom stereocenters. The van der Waals surface area contributed by atoms with Crippen molar-refractivity contribution in [2.45, 2.75) is 64.0 Å². The van der Waals surface area contributed by atoms with Crippen LogP contribution in [0.25, 0.3) is 0 Å². The Morgan fingerprint density at radius 2 is 1.80 bits per heavy atom. The predicted molar refractivity (Wildman–Crippen MR) is 104 cm³/mol. The third-order valence-corrected chi connectivity index (χ3v) is 6.77. The van der Waals surface area contributed by atoms with Gasteiger partial charge in [-0.2, -0.15) is 0 Å². The van der Waals surface area contributed by atoms with Crippen LogP contribution in [0.15, 0.2) is 18.2 Å². The minimum Gasteiger partial charge on any atom is -0.452 e. The molecule has 0 heterocycles. The van der Waals surface area contributed by atoms with E-state index in [-0.39, 0.29) is 17.1 Å². The molecular weight excluding hydrogens is 394 g/mol. The maximum atomic E-state index is 13.8. The second kappa shape index (κ2) is 7.32. The van der Waals surface area contributed by atoms with Crippen molar-refractivity contribution in [3.05, 3.63) is 29.8 Å². The van der Waals surface area contributed by atoms with Gasteiger partial charge in [-0.25, -0.2) is 8.78 Å². The van der Waals surface area contributed by atoms with Crippen molar-refractivity contribution in [2.24, 2.45) is 17.3 Å². The van der Waals surface area contributed by atoms with E-state index in [1.165, 1.54) is 13.8 Å². The van der Waals surface area contributed by atoms with Gasteiger partial charge < -0.3 is 15.4 Å². The van der Waals surface area contributed by atoms with E-state index >= 15 is 0 Å². The first-order valence-corrected chi connectivity index (χ1v) is 10.4. The number of amides is 2. The minimum atomic E-state index is -1.16. The number of halogens is 2. The van der Waals surface area contributed by atoms with Gasteiger partial charge in [0.15, 0.2) is 6.10 Å². The second-order valence-corrected chi connectivity index (χ2v) is 9.36. The molecule has 6 nitrogen and oxygen atoms in total. The van der Waals surface area contributed by atoms with E-state index in [9.17, 15) is 23.2 Å². The van der Waals surface area contributed by atoms with Crippen LogP contribution in [0.2, 0.25) is 0 Å². The highest BCUT2D eigenvalue weighted by molar-refractivity contribution is 5.95. The average Bonchev–Trinajstić information content (AvgIpc) is 2.62. The van der Waals surface area contributed by atoms with Gasteiger partial charge in [0.25, 0.3) is 5.91 Å². The van der Waals surface area contributed by atoms with E-state index in [0.29, 0.717) is 31.1 Å². The summed E-state index contributed by atoms with van der Waals surface area (Å²) in [5.41, 5.74) is -1.40. The molecule has 2 N–H and O–H groups in total. The van der Waals surface area contributed by atoms with Crippen LogP contribution in [-0.2, 0) is 19.1 Å². The Morgan fingerprint density at radius 1 is 1.13 bits per heavy atom. The molecule has 4 saturated carbocycles. The molecule has 3 atom stereocenters. The van der Waals surface area contributed by atoms with Crippen LogP contribution in [-0.4, -0.2) is 29.4 Å². The average molecular weight is 420 g/mol. The van der Waals surface area contributed by atoms with Gasteiger partial charge in [0.2, 0.25) is 5.91 Å². The Bertz CT molecular complexity index is 889. The molecule has 5 rings (SSSR count). The van der Waals surface area contributed by atoms with Gasteiger partial charge in [-0.15, -0.1) is 0 Å². The van der Waals surface area contributed by atoms with Gasteiger partial charge in [0.05, 0.1) is 11.1 Å². The van der Waals surface area contributed by atoms with Crippen LogP contribution in [0, 0.1) is 28.9 Å². The number of esters is 1. The SMILES string of the molecule is CC(=O)NC12CC3CC(C1)CC(C(=O)OC(C)C(=O)Nc1cc(F)ccc1F)(C3)C2. The number of hydrogen-bond acceptors (Lipinski definition) is 4.